The van der Waals surface area contributed by atoms with Crippen molar-refractivity contribution in [1.29, 1.82) is 0 Å². The maximum atomic E-state index is 13.0. The molecular formula is C22H25N3O. The van der Waals surface area contributed by atoms with E-state index in [1.165, 1.54) is 5.56 Å². The average molecular weight is 347 g/mol. The van der Waals surface area contributed by atoms with E-state index in [2.05, 4.69) is 17.2 Å². The van der Waals surface area contributed by atoms with E-state index in [-0.39, 0.29) is 11.8 Å². The van der Waals surface area contributed by atoms with Gasteiger partial charge < -0.3 is 16.0 Å². The zero-order chi connectivity index (χ0) is 18.3. The number of ketones is 1. The van der Waals surface area contributed by atoms with Crippen molar-refractivity contribution in [2.24, 2.45) is 5.73 Å². The molecule has 4 rings (SSSR count). The third-order valence-electron chi connectivity index (χ3n) is 5.44. The fraction of sp³-hybridized carbons (Fsp3) is 0.318. The second-order valence-corrected chi connectivity index (χ2v) is 7.22. The number of rotatable bonds is 4. The van der Waals surface area contributed by atoms with Gasteiger partial charge in [0.25, 0.3) is 0 Å². The van der Waals surface area contributed by atoms with Crippen molar-refractivity contribution in [2.45, 2.75) is 38.8 Å². The summed E-state index contributed by atoms with van der Waals surface area (Å²) < 4.78 is 0. The SMILES string of the molecule is CCNC1Cc2c([nH]c3ccc(C(=O)c4ccccc4C)cc23)C(N)C1. The molecule has 0 amide bonds. The van der Waals surface area contributed by atoms with Crippen LogP contribution in [0.2, 0.25) is 0 Å². The predicted octanol–water partition coefficient (Wildman–Crippen LogP) is 3.63. The second-order valence-electron chi connectivity index (χ2n) is 7.22. The number of nitrogens with one attached hydrogen (secondary N) is 2. The van der Waals surface area contributed by atoms with Crippen LogP contribution >= 0.6 is 0 Å². The van der Waals surface area contributed by atoms with E-state index < -0.39 is 0 Å². The molecule has 0 aliphatic heterocycles. The van der Waals surface area contributed by atoms with Gasteiger partial charge in [-0.25, -0.2) is 0 Å². The van der Waals surface area contributed by atoms with Gasteiger partial charge in [0, 0.05) is 39.8 Å². The first kappa shape index (κ1) is 17.0. The number of fused-ring (bicyclic) bond motifs is 3. The molecule has 1 heterocycles. The zero-order valence-corrected chi connectivity index (χ0v) is 15.3. The molecule has 1 aliphatic carbocycles. The number of nitrogens with two attached hydrogens (primary N) is 1. The fourth-order valence-electron chi connectivity index (χ4n) is 4.13. The van der Waals surface area contributed by atoms with Crippen molar-refractivity contribution < 1.29 is 4.79 Å². The molecule has 0 bridgehead atoms. The minimum atomic E-state index is 0.00530. The first-order valence-corrected chi connectivity index (χ1v) is 9.32. The molecular weight excluding hydrogens is 322 g/mol. The van der Waals surface area contributed by atoms with Gasteiger partial charge in [-0.05, 0) is 55.6 Å². The zero-order valence-electron chi connectivity index (χ0n) is 15.3. The summed E-state index contributed by atoms with van der Waals surface area (Å²) >= 11 is 0. The lowest BCUT2D eigenvalue weighted by Gasteiger charge is -2.27. The number of hydrogen-bond donors (Lipinski definition) is 3. The van der Waals surface area contributed by atoms with Gasteiger partial charge in [-0.2, -0.15) is 0 Å². The highest BCUT2D eigenvalue weighted by atomic mass is 16.1. The van der Waals surface area contributed by atoms with E-state index in [1.54, 1.807) is 0 Å². The highest BCUT2D eigenvalue weighted by Gasteiger charge is 2.28. The number of benzene rings is 2. The molecule has 1 aliphatic rings. The highest BCUT2D eigenvalue weighted by Crippen LogP contribution is 2.34. The highest BCUT2D eigenvalue weighted by molar-refractivity contribution is 6.11. The molecule has 2 atom stereocenters. The number of aromatic amines is 1. The largest absolute Gasteiger partial charge is 0.357 e. The van der Waals surface area contributed by atoms with Gasteiger partial charge in [-0.3, -0.25) is 4.79 Å². The molecule has 2 unspecified atom stereocenters. The fourth-order valence-corrected chi connectivity index (χ4v) is 4.13. The van der Waals surface area contributed by atoms with Gasteiger partial charge in [0.1, 0.15) is 0 Å². The molecule has 0 spiro atoms. The van der Waals surface area contributed by atoms with Crippen LogP contribution in [-0.2, 0) is 6.42 Å². The molecule has 4 heteroatoms. The number of likely N-dealkylation sites (N-methyl/N-ethyl adjacent to an activating group) is 1. The molecule has 4 N–H and O–H groups in total. The molecule has 1 aromatic heterocycles. The third kappa shape index (κ3) is 2.85. The van der Waals surface area contributed by atoms with Crippen molar-refractivity contribution in [1.82, 2.24) is 10.3 Å². The average Bonchev–Trinajstić information content (AvgIpc) is 3.00. The molecule has 0 radical (unpaired) electrons. The van der Waals surface area contributed by atoms with Crippen LogP contribution in [0, 0.1) is 6.92 Å². The number of carbonyl (C=O) groups is 1. The van der Waals surface area contributed by atoms with Gasteiger partial charge in [0.15, 0.2) is 5.78 Å². The van der Waals surface area contributed by atoms with Crippen molar-refractivity contribution in [3.05, 3.63) is 70.4 Å². The van der Waals surface area contributed by atoms with Crippen molar-refractivity contribution in [2.75, 3.05) is 6.54 Å². The van der Waals surface area contributed by atoms with Crippen LogP contribution in [0.15, 0.2) is 42.5 Å². The summed E-state index contributed by atoms with van der Waals surface area (Å²) in [5.41, 5.74) is 12.3. The molecule has 26 heavy (non-hydrogen) atoms. The summed E-state index contributed by atoms with van der Waals surface area (Å²) in [5, 5.41) is 4.64. The first-order valence-electron chi connectivity index (χ1n) is 9.32. The first-order chi connectivity index (χ1) is 12.6. The summed E-state index contributed by atoms with van der Waals surface area (Å²) in [6, 6.07) is 14.1. The Hall–Kier alpha value is -2.43. The Kier molecular flexibility index (Phi) is 4.39. The summed E-state index contributed by atoms with van der Waals surface area (Å²) in [5.74, 6) is 0.0725. The quantitative estimate of drug-likeness (QED) is 0.631. The van der Waals surface area contributed by atoms with E-state index in [4.69, 9.17) is 5.73 Å². The van der Waals surface area contributed by atoms with Gasteiger partial charge in [0.2, 0.25) is 0 Å². The van der Waals surface area contributed by atoms with Gasteiger partial charge in [-0.15, -0.1) is 0 Å². The smallest absolute Gasteiger partial charge is 0.193 e. The van der Waals surface area contributed by atoms with E-state index in [0.29, 0.717) is 6.04 Å². The molecule has 134 valence electrons. The van der Waals surface area contributed by atoms with E-state index in [1.807, 2.05) is 49.4 Å². The Balaban J connectivity index is 1.77. The van der Waals surface area contributed by atoms with E-state index in [0.717, 1.165) is 52.7 Å². The molecule has 0 fully saturated rings. The van der Waals surface area contributed by atoms with Crippen LogP contribution in [-0.4, -0.2) is 23.4 Å². The number of aryl methyl sites for hydroxylation is 1. The monoisotopic (exact) mass is 347 g/mol. The van der Waals surface area contributed by atoms with Crippen LogP contribution in [0.4, 0.5) is 0 Å². The molecule has 0 saturated heterocycles. The van der Waals surface area contributed by atoms with Crippen molar-refractivity contribution >= 4 is 16.7 Å². The van der Waals surface area contributed by atoms with Crippen LogP contribution in [0.1, 0.15) is 52.1 Å². The van der Waals surface area contributed by atoms with Crippen LogP contribution in [0.3, 0.4) is 0 Å². The Bertz CT molecular complexity index is 973. The number of aromatic nitrogens is 1. The van der Waals surface area contributed by atoms with Gasteiger partial charge in [-0.1, -0.05) is 31.2 Å². The minimum Gasteiger partial charge on any atom is -0.357 e. The lowest BCUT2D eigenvalue weighted by Crippen LogP contribution is -2.37. The number of hydrogen-bond acceptors (Lipinski definition) is 3. The number of H-pyrrole nitrogens is 1. The molecule has 2 aromatic carbocycles. The normalized spacial score (nSPS) is 19.5. The summed E-state index contributed by atoms with van der Waals surface area (Å²) in [4.78, 5) is 16.5. The number of carbonyl (C=O) groups excluding carboxylic acids is 1. The lowest BCUT2D eigenvalue weighted by atomic mass is 9.87. The topological polar surface area (TPSA) is 70.9 Å². The van der Waals surface area contributed by atoms with E-state index >= 15 is 0 Å². The Labute approximate surface area is 153 Å². The van der Waals surface area contributed by atoms with Gasteiger partial charge >= 0.3 is 0 Å². The van der Waals surface area contributed by atoms with Crippen molar-refractivity contribution in [3.63, 3.8) is 0 Å². The summed E-state index contributed by atoms with van der Waals surface area (Å²) in [6.45, 7) is 5.03. The predicted molar refractivity (Wildman–Crippen MR) is 106 cm³/mol. The van der Waals surface area contributed by atoms with E-state index in [9.17, 15) is 4.79 Å². The maximum Gasteiger partial charge on any atom is 0.193 e. The molecule has 0 saturated carbocycles. The summed E-state index contributed by atoms with van der Waals surface area (Å²) in [7, 11) is 0. The minimum absolute atomic E-state index is 0.00530. The van der Waals surface area contributed by atoms with Crippen LogP contribution in [0.25, 0.3) is 10.9 Å². The van der Waals surface area contributed by atoms with Gasteiger partial charge in [0.05, 0.1) is 0 Å². The molecule has 3 aromatic rings. The third-order valence-corrected chi connectivity index (χ3v) is 5.44. The van der Waals surface area contributed by atoms with Crippen LogP contribution in [0.5, 0.6) is 0 Å². The lowest BCUT2D eigenvalue weighted by molar-refractivity contribution is 0.103. The Morgan fingerprint density at radius 2 is 2.08 bits per heavy atom. The Morgan fingerprint density at radius 3 is 2.85 bits per heavy atom. The van der Waals surface area contributed by atoms with Crippen molar-refractivity contribution in [3.8, 4) is 0 Å². The van der Waals surface area contributed by atoms with Crippen LogP contribution < -0.4 is 11.1 Å². The Morgan fingerprint density at radius 1 is 1.27 bits per heavy atom. The second kappa shape index (κ2) is 6.71. The standard InChI is InChI=1S/C22H25N3O/c1-3-24-15-11-18-17-10-14(22(26)16-7-5-4-6-13(16)2)8-9-20(17)25-21(18)19(23)12-15/h4-10,15,19,24-25H,3,11-12,23H2,1-2H3. The summed E-state index contributed by atoms with van der Waals surface area (Å²) in [6.07, 6.45) is 1.88. The molecule has 4 nitrogen and oxygen atoms in total. The maximum absolute atomic E-state index is 13.0.